The van der Waals surface area contributed by atoms with Gasteiger partial charge in [-0.2, -0.15) is 13.2 Å². The Balaban J connectivity index is 1.83. The van der Waals surface area contributed by atoms with Crippen molar-refractivity contribution in [2.24, 2.45) is 11.8 Å². The topological polar surface area (TPSA) is 39.2 Å². The molecule has 1 aliphatic rings. The third-order valence-corrected chi connectivity index (χ3v) is 4.39. The van der Waals surface area contributed by atoms with E-state index in [0.29, 0.717) is 5.92 Å². The highest BCUT2D eigenvalue weighted by Crippen LogP contribution is 2.33. The molecule has 1 aromatic rings. The molecule has 128 valence electrons. The Bertz CT molecular complexity index is 506. The van der Waals surface area contributed by atoms with Crippen molar-refractivity contribution in [1.29, 1.82) is 0 Å². The molecule has 0 aliphatic heterocycles. The molecule has 0 unspecified atom stereocenters. The minimum Gasteiger partial charge on any atom is -0.425 e. The average Bonchev–Trinajstić information content (AvgIpc) is 2.53. The third-order valence-electron chi connectivity index (χ3n) is 4.39. The zero-order valence-corrected chi connectivity index (χ0v) is 13.2. The van der Waals surface area contributed by atoms with Crippen LogP contribution in [0, 0.1) is 11.8 Å². The molecule has 3 nitrogen and oxygen atoms in total. The summed E-state index contributed by atoms with van der Waals surface area (Å²) >= 11 is 0. The molecule has 2 rings (SSSR count). The van der Waals surface area contributed by atoms with E-state index in [0.717, 1.165) is 44.0 Å². The first-order valence-electron chi connectivity index (χ1n) is 8.15. The van der Waals surface area contributed by atoms with E-state index in [1.54, 1.807) is 0 Å². The number of pyridine rings is 1. The summed E-state index contributed by atoms with van der Waals surface area (Å²) in [5.74, 6) is 0.235. The predicted octanol–water partition coefficient (Wildman–Crippen LogP) is 5.00. The molecule has 1 aliphatic carbocycles. The molecule has 1 aromatic heterocycles. The lowest BCUT2D eigenvalue weighted by atomic mass is 9.80. The summed E-state index contributed by atoms with van der Waals surface area (Å²) in [5, 5.41) is 0. The van der Waals surface area contributed by atoms with Gasteiger partial charge in [0, 0.05) is 0 Å². The van der Waals surface area contributed by atoms with Crippen LogP contribution in [0.25, 0.3) is 0 Å². The Hall–Kier alpha value is -1.59. The lowest BCUT2D eigenvalue weighted by Crippen LogP contribution is -2.25. The van der Waals surface area contributed by atoms with Crippen LogP contribution in [0.1, 0.15) is 57.6 Å². The number of halogens is 3. The van der Waals surface area contributed by atoms with E-state index in [2.05, 4.69) is 11.9 Å². The summed E-state index contributed by atoms with van der Waals surface area (Å²) in [7, 11) is 0. The number of hydrogen-bond donors (Lipinski definition) is 0. The highest BCUT2D eigenvalue weighted by Gasteiger charge is 2.32. The second kappa shape index (κ2) is 7.79. The maximum Gasteiger partial charge on any atom is 0.433 e. The number of carbonyl (C=O) groups excluding carboxylic acids is 1. The Labute approximate surface area is 134 Å². The molecule has 0 saturated heterocycles. The van der Waals surface area contributed by atoms with Crippen molar-refractivity contribution in [2.45, 2.75) is 58.0 Å². The van der Waals surface area contributed by atoms with E-state index in [1.165, 1.54) is 19.3 Å². The minimum absolute atomic E-state index is 0.0658. The van der Waals surface area contributed by atoms with E-state index in [-0.39, 0.29) is 17.6 Å². The van der Waals surface area contributed by atoms with Crippen molar-refractivity contribution in [1.82, 2.24) is 4.98 Å². The second-order valence-electron chi connectivity index (χ2n) is 6.16. The first-order valence-corrected chi connectivity index (χ1v) is 8.15. The van der Waals surface area contributed by atoms with Gasteiger partial charge in [0.05, 0.1) is 12.1 Å². The fourth-order valence-corrected chi connectivity index (χ4v) is 2.99. The number of nitrogens with zero attached hydrogens (tertiary/aromatic N) is 1. The first-order chi connectivity index (χ1) is 10.9. The second-order valence-corrected chi connectivity index (χ2v) is 6.16. The van der Waals surface area contributed by atoms with E-state index < -0.39 is 11.9 Å². The van der Waals surface area contributed by atoms with Crippen LogP contribution in [0.2, 0.25) is 0 Å². The highest BCUT2D eigenvalue weighted by atomic mass is 19.4. The van der Waals surface area contributed by atoms with Gasteiger partial charge in [0.25, 0.3) is 0 Å². The lowest BCUT2D eigenvalue weighted by molar-refractivity contribution is -0.141. The molecule has 1 saturated carbocycles. The van der Waals surface area contributed by atoms with E-state index >= 15 is 0 Å². The van der Waals surface area contributed by atoms with Crippen LogP contribution in [0.5, 0.6) is 5.75 Å². The van der Waals surface area contributed by atoms with Crippen molar-refractivity contribution in [3.05, 3.63) is 24.0 Å². The summed E-state index contributed by atoms with van der Waals surface area (Å²) < 4.78 is 42.5. The molecule has 0 amide bonds. The molecule has 0 atom stereocenters. The molecule has 1 fully saturated rings. The molecular weight excluding hydrogens is 307 g/mol. The van der Waals surface area contributed by atoms with Gasteiger partial charge in [-0.25, -0.2) is 4.98 Å². The molecule has 0 radical (unpaired) electrons. The van der Waals surface area contributed by atoms with Crippen LogP contribution in [-0.4, -0.2) is 11.0 Å². The van der Waals surface area contributed by atoms with Gasteiger partial charge in [-0.15, -0.1) is 0 Å². The third kappa shape index (κ3) is 5.22. The van der Waals surface area contributed by atoms with Crippen LogP contribution in [0.3, 0.4) is 0 Å². The van der Waals surface area contributed by atoms with Gasteiger partial charge >= 0.3 is 12.1 Å². The van der Waals surface area contributed by atoms with Gasteiger partial charge in [0.2, 0.25) is 0 Å². The van der Waals surface area contributed by atoms with Crippen molar-refractivity contribution >= 4 is 5.97 Å². The van der Waals surface area contributed by atoms with Crippen LogP contribution >= 0.6 is 0 Å². The van der Waals surface area contributed by atoms with Gasteiger partial charge < -0.3 is 4.74 Å². The van der Waals surface area contributed by atoms with Crippen LogP contribution in [-0.2, 0) is 11.0 Å². The monoisotopic (exact) mass is 329 g/mol. The van der Waals surface area contributed by atoms with Crippen LogP contribution < -0.4 is 4.74 Å². The van der Waals surface area contributed by atoms with E-state index in [4.69, 9.17) is 4.74 Å². The normalized spacial score (nSPS) is 21.9. The molecular formula is C17H22F3NO2. The summed E-state index contributed by atoms with van der Waals surface area (Å²) in [6.45, 7) is 2.17. The van der Waals surface area contributed by atoms with Gasteiger partial charge in [-0.05, 0) is 43.7 Å². The smallest absolute Gasteiger partial charge is 0.425 e. The number of unbranched alkanes of at least 4 members (excludes halogenated alkanes) is 1. The molecule has 0 spiro atoms. The Kier molecular flexibility index (Phi) is 6.02. The summed E-state index contributed by atoms with van der Waals surface area (Å²) in [5.41, 5.74) is -0.992. The molecule has 6 heteroatoms. The van der Waals surface area contributed by atoms with E-state index in [1.807, 2.05) is 0 Å². The molecule has 23 heavy (non-hydrogen) atoms. The zero-order chi connectivity index (χ0) is 16.9. The Morgan fingerprint density at radius 2 is 1.96 bits per heavy atom. The molecule has 1 heterocycles. The summed E-state index contributed by atoms with van der Waals surface area (Å²) in [4.78, 5) is 15.4. The first kappa shape index (κ1) is 17.8. The molecule has 0 aromatic carbocycles. The number of ether oxygens (including phenoxy) is 1. The fourth-order valence-electron chi connectivity index (χ4n) is 2.99. The van der Waals surface area contributed by atoms with Crippen LogP contribution in [0.4, 0.5) is 13.2 Å². The van der Waals surface area contributed by atoms with Gasteiger partial charge in [-0.3, -0.25) is 4.79 Å². The fraction of sp³-hybridized carbons (Fsp3) is 0.647. The minimum atomic E-state index is -4.49. The highest BCUT2D eigenvalue weighted by molar-refractivity contribution is 5.75. The predicted molar refractivity (Wildman–Crippen MR) is 79.8 cm³/mol. The lowest BCUT2D eigenvalue weighted by Gasteiger charge is -2.27. The van der Waals surface area contributed by atoms with E-state index in [9.17, 15) is 18.0 Å². The van der Waals surface area contributed by atoms with Crippen molar-refractivity contribution in [2.75, 3.05) is 0 Å². The van der Waals surface area contributed by atoms with Crippen molar-refractivity contribution in [3.8, 4) is 5.75 Å². The maximum absolute atomic E-state index is 12.4. The number of hydrogen-bond acceptors (Lipinski definition) is 3. The average molecular weight is 329 g/mol. The standard InChI is InChI=1S/C17H22F3NO2/c1-2-3-4-12-5-7-13(8-6-12)16(22)23-14-9-10-15(21-11-14)17(18,19)20/h9-13H,2-8H2,1H3/t12-,13-. The summed E-state index contributed by atoms with van der Waals surface area (Å²) in [6, 6.07) is 1.96. The van der Waals surface area contributed by atoms with Gasteiger partial charge in [-0.1, -0.05) is 26.2 Å². The number of alkyl halides is 3. The maximum atomic E-state index is 12.4. The zero-order valence-electron chi connectivity index (χ0n) is 13.2. The van der Waals surface area contributed by atoms with Gasteiger partial charge in [0.1, 0.15) is 11.4 Å². The Morgan fingerprint density at radius 3 is 2.48 bits per heavy atom. The van der Waals surface area contributed by atoms with Crippen molar-refractivity contribution < 1.29 is 22.7 Å². The molecule has 0 bridgehead atoms. The number of esters is 1. The SMILES string of the molecule is CCCC[C@H]1CC[C@H](C(=O)Oc2ccc(C(F)(F)F)nc2)CC1. The number of aromatic nitrogens is 1. The Morgan fingerprint density at radius 1 is 1.26 bits per heavy atom. The number of carbonyl (C=O) groups is 1. The summed E-state index contributed by atoms with van der Waals surface area (Å²) in [6.07, 6.45) is 3.70. The van der Waals surface area contributed by atoms with Gasteiger partial charge in [0.15, 0.2) is 0 Å². The van der Waals surface area contributed by atoms with Crippen LogP contribution in [0.15, 0.2) is 18.3 Å². The largest absolute Gasteiger partial charge is 0.433 e. The van der Waals surface area contributed by atoms with Crippen molar-refractivity contribution in [3.63, 3.8) is 0 Å². The number of rotatable bonds is 5. The quantitative estimate of drug-likeness (QED) is 0.713. The molecule has 0 N–H and O–H groups in total.